The van der Waals surface area contributed by atoms with Gasteiger partial charge in [0, 0.05) is 24.8 Å². The van der Waals surface area contributed by atoms with Crippen molar-refractivity contribution in [3.05, 3.63) is 29.3 Å². The summed E-state index contributed by atoms with van der Waals surface area (Å²) in [6.07, 6.45) is 1.19. The van der Waals surface area contributed by atoms with Crippen molar-refractivity contribution in [2.24, 2.45) is 0 Å². The number of sulfonamides is 1. The van der Waals surface area contributed by atoms with Gasteiger partial charge in [0.2, 0.25) is 5.13 Å². The molecule has 0 aliphatic rings. The zero-order chi connectivity index (χ0) is 17.3. The second kappa shape index (κ2) is 6.19. The third-order valence-corrected chi connectivity index (χ3v) is 5.25. The highest BCUT2D eigenvalue weighted by atomic mass is 32.2. The van der Waals surface area contributed by atoms with Gasteiger partial charge < -0.3 is 4.74 Å². The van der Waals surface area contributed by atoms with E-state index >= 15 is 0 Å². The Bertz CT molecular complexity index is 868. The van der Waals surface area contributed by atoms with E-state index < -0.39 is 15.6 Å². The molecule has 0 amide bonds. The Kier molecular flexibility index (Phi) is 4.65. The molecular weight excluding hydrogens is 338 g/mol. The fourth-order valence-corrected chi connectivity index (χ4v) is 3.45. The van der Waals surface area contributed by atoms with Crippen LogP contribution < -0.4 is 4.72 Å². The van der Waals surface area contributed by atoms with Gasteiger partial charge in [0.15, 0.2) is 5.82 Å². The standard InChI is InChI=1S/C13H15N5O3S2/c1-8-9(6-14)5-10(7-15-8)23(19,20)18-12-16-11(17-22-12)13(2,3)21-4/h5,7H,1-4H3,(H,16,17,18). The second-order valence-corrected chi connectivity index (χ2v) is 7.59. The maximum atomic E-state index is 12.4. The maximum absolute atomic E-state index is 12.4. The van der Waals surface area contributed by atoms with Gasteiger partial charge in [-0.05, 0) is 26.8 Å². The van der Waals surface area contributed by atoms with Gasteiger partial charge in [-0.25, -0.2) is 8.42 Å². The Hall–Kier alpha value is -2.09. The summed E-state index contributed by atoms with van der Waals surface area (Å²) < 4.78 is 36.4. The molecule has 2 aromatic rings. The van der Waals surface area contributed by atoms with Crippen LogP contribution in [-0.4, -0.2) is 29.9 Å². The number of nitriles is 1. The molecule has 1 N–H and O–H groups in total. The number of hydrogen-bond donors (Lipinski definition) is 1. The van der Waals surface area contributed by atoms with Gasteiger partial charge in [0.25, 0.3) is 10.0 Å². The number of nitrogens with zero attached hydrogens (tertiary/aromatic N) is 4. The van der Waals surface area contributed by atoms with Crippen molar-refractivity contribution < 1.29 is 13.2 Å². The lowest BCUT2D eigenvalue weighted by Crippen LogP contribution is -2.21. The monoisotopic (exact) mass is 353 g/mol. The van der Waals surface area contributed by atoms with Crippen molar-refractivity contribution in [1.29, 1.82) is 5.26 Å². The van der Waals surface area contributed by atoms with Crippen LogP contribution in [0.5, 0.6) is 0 Å². The predicted octanol–water partition coefficient (Wildman–Crippen LogP) is 1.80. The molecule has 0 fully saturated rings. The lowest BCUT2D eigenvalue weighted by Gasteiger charge is -2.18. The van der Waals surface area contributed by atoms with E-state index in [1.54, 1.807) is 20.8 Å². The number of aromatic nitrogens is 3. The fraction of sp³-hybridized carbons (Fsp3) is 0.385. The van der Waals surface area contributed by atoms with Gasteiger partial charge in [0.1, 0.15) is 16.6 Å². The van der Waals surface area contributed by atoms with Crippen molar-refractivity contribution in [3.63, 3.8) is 0 Å². The Morgan fingerprint density at radius 1 is 1.43 bits per heavy atom. The number of pyridine rings is 1. The maximum Gasteiger partial charge on any atom is 0.265 e. The summed E-state index contributed by atoms with van der Waals surface area (Å²) >= 11 is 0.910. The minimum atomic E-state index is -3.90. The molecule has 0 spiro atoms. The molecule has 2 heterocycles. The summed E-state index contributed by atoms with van der Waals surface area (Å²) in [7, 11) is -2.38. The van der Waals surface area contributed by atoms with Crippen molar-refractivity contribution in [1.82, 2.24) is 14.3 Å². The molecule has 0 bridgehead atoms. The average Bonchev–Trinajstić information content (AvgIpc) is 2.96. The third kappa shape index (κ3) is 3.64. The molecule has 0 radical (unpaired) electrons. The van der Waals surface area contributed by atoms with Crippen LogP contribution in [0.3, 0.4) is 0 Å². The van der Waals surface area contributed by atoms with E-state index in [9.17, 15) is 8.42 Å². The van der Waals surface area contributed by atoms with Crippen molar-refractivity contribution >= 4 is 26.7 Å². The smallest absolute Gasteiger partial charge is 0.265 e. The molecule has 122 valence electrons. The summed E-state index contributed by atoms with van der Waals surface area (Å²) in [6, 6.07) is 3.18. The minimum Gasteiger partial charge on any atom is -0.371 e. The van der Waals surface area contributed by atoms with Crippen LogP contribution in [0.2, 0.25) is 0 Å². The van der Waals surface area contributed by atoms with Gasteiger partial charge in [-0.15, -0.1) is 0 Å². The van der Waals surface area contributed by atoms with E-state index in [0.717, 1.165) is 11.5 Å². The average molecular weight is 353 g/mol. The molecule has 2 rings (SSSR count). The highest BCUT2D eigenvalue weighted by Gasteiger charge is 2.26. The molecule has 0 unspecified atom stereocenters. The van der Waals surface area contributed by atoms with Crippen molar-refractivity contribution in [2.75, 3.05) is 11.8 Å². The highest BCUT2D eigenvalue weighted by molar-refractivity contribution is 7.93. The largest absolute Gasteiger partial charge is 0.371 e. The van der Waals surface area contributed by atoms with E-state index in [-0.39, 0.29) is 15.6 Å². The summed E-state index contributed by atoms with van der Waals surface area (Å²) in [4.78, 5) is 7.94. The topological polar surface area (TPSA) is 118 Å². The van der Waals surface area contributed by atoms with Gasteiger partial charge >= 0.3 is 0 Å². The normalized spacial score (nSPS) is 12.0. The third-order valence-electron chi connectivity index (χ3n) is 3.19. The van der Waals surface area contributed by atoms with Gasteiger partial charge in [0.05, 0.1) is 11.3 Å². The number of hydrogen-bond acceptors (Lipinski definition) is 8. The summed E-state index contributed by atoms with van der Waals surface area (Å²) in [5.74, 6) is 0.377. The molecule has 23 heavy (non-hydrogen) atoms. The number of nitrogens with one attached hydrogen (secondary N) is 1. The lowest BCUT2D eigenvalue weighted by atomic mass is 10.1. The van der Waals surface area contributed by atoms with E-state index in [1.165, 1.54) is 19.4 Å². The first kappa shape index (κ1) is 17.3. The van der Waals surface area contributed by atoms with Gasteiger partial charge in [-0.2, -0.15) is 14.6 Å². The van der Waals surface area contributed by atoms with E-state index in [4.69, 9.17) is 10.00 Å². The molecule has 2 aromatic heterocycles. The molecule has 8 nitrogen and oxygen atoms in total. The molecule has 0 saturated heterocycles. The predicted molar refractivity (Wildman–Crippen MR) is 84.4 cm³/mol. The summed E-state index contributed by atoms with van der Waals surface area (Å²) in [5, 5.41) is 9.09. The number of aryl methyl sites for hydroxylation is 1. The van der Waals surface area contributed by atoms with Crippen molar-refractivity contribution in [3.8, 4) is 6.07 Å². The first-order chi connectivity index (χ1) is 10.7. The van der Waals surface area contributed by atoms with E-state index in [0.29, 0.717) is 11.5 Å². The van der Waals surface area contributed by atoms with E-state index in [2.05, 4.69) is 19.1 Å². The molecule has 0 aliphatic carbocycles. The Balaban J connectivity index is 2.31. The first-order valence-electron chi connectivity index (χ1n) is 6.48. The summed E-state index contributed by atoms with van der Waals surface area (Å²) in [5.41, 5.74) is -0.0580. The SMILES string of the molecule is COC(C)(C)c1nsc(NS(=O)(=O)c2cnc(C)c(C#N)c2)n1. The van der Waals surface area contributed by atoms with Gasteiger partial charge in [-0.3, -0.25) is 9.71 Å². The number of rotatable bonds is 5. The minimum absolute atomic E-state index is 0.109. The number of methoxy groups -OCH3 is 1. The molecule has 10 heteroatoms. The zero-order valence-electron chi connectivity index (χ0n) is 13.0. The van der Waals surface area contributed by atoms with Gasteiger partial charge in [-0.1, -0.05) is 0 Å². The number of anilines is 1. The first-order valence-corrected chi connectivity index (χ1v) is 8.74. The van der Waals surface area contributed by atoms with Crippen LogP contribution in [0.15, 0.2) is 17.2 Å². The number of ether oxygens (including phenoxy) is 1. The molecule has 0 atom stereocenters. The molecule has 0 saturated carbocycles. The Morgan fingerprint density at radius 2 is 2.13 bits per heavy atom. The van der Waals surface area contributed by atoms with Crippen LogP contribution in [0.4, 0.5) is 5.13 Å². The molecular formula is C13H15N5O3S2. The van der Waals surface area contributed by atoms with E-state index in [1.807, 2.05) is 6.07 Å². The quantitative estimate of drug-likeness (QED) is 0.870. The van der Waals surface area contributed by atoms with Crippen LogP contribution in [0.1, 0.15) is 30.9 Å². The van der Waals surface area contributed by atoms with Crippen molar-refractivity contribution in [2.45, 2.75) is 31.3 Å². The fourth-order valence-electron chi connectivity index (χ4n) is 1.55. The van der Waals surface area contributed by atoms with Crippen LogP contribution >= 0.6 is 11.5 Å². The van der Waals surface area contributed by atoms with Crippen LogP contribution in [0, 0.1) is 18.3 Å². The summed E-state index contributed by atoms with van der Waals surface area (Å²) in [6.45, 7) is 5.18. The highest BCUT2D eigenvalue weighted by Crippen LogP contribution is 2.25. The Labute approximate surface area is 138 Å². The molecule has 0 aliphatic heterocycles. The lowest BCUT2D eigenvalue weighted by molar-refractivity contribution is 0.0126. The second-order valence-electron chi connectivity index (χ2n) is 5.16. The molecule has 0 aromatic carbocycles. The zero-order valence-corrected chi connectivity index (χ0v) is 14.6. The van der Waals surface area contributed by atoms with Crippen LogP contribution in [-0.2, 0) is 20.4 Å². The van der Waals surface area contributed by atoms with Crippen LogP contribution in [0.25, 0.3) is 0 Å². The Morgan fingerprint density at radius 3 is 2.74 bits per heavy atom.